The summed E-state index contributed by atoms with van der Waals surface area (Å²) in [6.07, 6.45) is 2.74. The molecule has 1 saturated carbocycles. The van der Waals surface area contributed by atoms with E-state index in [1.54, 1.807) is 16.8 Å². The third-order valence-electron chi connectivity index (χ3n) is 2.65. The lowest BCUT2D eigenvalue weighted by Gasteiger charge is -2.03. The Balaban J connectivity index is 1.87. The van der Waals surface area contributed by atoms with Crippen molar-refractivity contribution in [2.75, 3.05) is 0 Å². The molecule has 2 aromatic rings. The predicted octanol–water partition coefficient (Wildman–Crippen LogP) is 2.11. The van der Waals surface area contributed by atoms with Gasteiger partial charge in [0, 0.05) is 5.56 Å². The Hall–Kier alpha value is -1.76. The van der Waals surface area contributed by atoms with Crippen molar-refractivity contribution in [1.82, 2.24) is 20.2 Å². The van der Waals surface area contributed by atoms with Gasteiger partial charge in [-0.25, -0.2) is 9.07 Å². The van der Waals surface area contributed by atoms with Gasteiger partial charge in [0.2, 0.25) is 5.16 Å². The summed E-state index contributed by atoms with van der Waals surface area (Å²) in [5, 5.41) is 12.0. The van der Waals surface area contributed by atoms with Crippen molar-refractivity contribution in [3.63, 3.8) is 0 Å². The van der Waals surface area contributed by atoms with Gasteiger partial charge in [0.25, 0.3) is 0 Å². The zero-order valence-corrected chi connectivity index (χ0v) is 10.1. The van der Waals surface area contributed by atoms with Crippen LogP contribution in [0.25, 0.3) is 0 Å². The molecule has 0 spiro atoms. The summed E-state index contributed by atoms with van der Waals surface area (Å²) < 4.78 is 15.4. The number of rotatable bonds is 4. The Morgan fingerprint density at radius 3 is 2.94 bits per heavy atom. The van der Waals surface area contributed by atoms with Crippen molar-refractivity contribution in [1.29, 1.82) is 0 Å². The molecular weight excluding hydrogens is 255 g/mol. The molecule has 0 saturated heterocycles. The van der Waals surface area contributed by atoms with E-state index in [-0.39, 0.29) is 0 Å². The van der Waals surface area contributed by atoms with Crippen LogP contribution in [-0.4, -0.2) is 26.5 Å². The van der Waals surface area contributed by atoms with Crippen LogP contribution in [0.15, 0.2) is 28.3 Å². The van der Waals surface area contributed by atoms with Gasteiger partial charge in [-0.3, -0.25) is 4.79 Å². The van der Waals surface area contributed by atoms with Crippen molar-refractivity contribution in [2.24, 2.45) is 0 Å². The number of hydrogen-bond donors (Lipinski definition) is 0. The second kappa shape index (κ2) is 4.49. The van der Waals surface area contributed by atoms with E-state index in [0.29, 0.717) is 27.9 Å². The number of benzene rings is 1. The molecule has 7 heteroatoms. The van der Waals surface area contributed by atoms with Gasteiger partial charge < -0.3 is 0 Å². The van der Waals surface area contributed by atoms with Crippen LogP contribution in [-0.2, 0) is 0 Å². The molecule has 3 rings (SSSR count). The van der Waals surface area contributed by atoms with E-state index in [1.165, 1.54) is 17.8 Å². The van der Waals surface area contributed by atoms with E-state index in [4.69, 9.17) is 0 Å². The molecule has 0 radical (unpaired) electrons. The van der Waals surface area contributed by atoms with Crippen molar-refractivity contribution in [2.45, 2.75) is 28.9 Å². The third-order valence-corrected chi connectivity index (χ3v) is 3.65. The number of tetrazole rings is 1. The fourth-order valence-corrected chi connectivity index (χ4v) is 2.42. The van der Waals surface area contributed by atoms with Crippen molar-refractivity contribution < 1.29 is 9.18 Å². The lowest BCUT2D eigenvalue weighted by molar-refractivity contribution is 0.112. The largest absolute Gasteiger partial charge is 0.298 e. The van der Waals surface area contributed by atoms with Crippen LogP contribution in [0.5, 0.6) is 0 Å². The second-order valence-corrected chi connectivity index (χ2v) is 5.06. The summed E-state index contributed by atoms with van der Waals surface area (Å²) in [5.41, 5.74) is 0.318. The van der Waals surface area contributed by atoms with Crippen molar-refractivity contribution in [3.8, 4) is 0 Å². The van der Waals surface area contributed by atoms with Gasteiger partial charge in [0.1, 0.15) is 12.1 Å². The highest BCUT2D eigenvalue weighted by Crippen LogP contribution is 2.38. The third kappa shape index (κ3) is 2.13. The lowest BCUT2D eigenvalue weighted by Crippen LogP contribution is -1.98. The zero-order valence-electron chi connectivity index (χ0n) is 9.28. The topological polar surface area (TPSA) is 60.7 Å². The van der Waals surface area contributed by atoms with Crippen LogP contribution >= 0.6 is 11.8 Å². The summed E-state index contributed by atoms with van der Waals surface area (Å²) in [6, 6.07) is 4.69. The minimum Gasteiger partial charge on any atom is -0.298 e. The number of aromatic nitrogens is 4. The van der Waals surface area contributed by atoms with Gasteiger partial charge in [0.05, 0.1) is 10.9 Å². The molecule has 0 aliphatic heterocycles. The summed E-state index contributed by atoms with van der Waals surface area (Å²) in [7, 11) is 0. The van der Waals surface area contributed by atoms with Crippen LogP contribution in [0, 0.1) is 5.82 Å². The van der Waals surface area contributed by atoms with Crippen LogP contribution in [0.4, 0.5) is 4.39 Å². The molecule has 1 aromatic carbocycles. The van der Waals surface area contributed by atoms with Gasteiger partial charge in [-0.05, 0) is 47.2 Å². The van der Waals surface area contributed by atoms with Crippen LogP contribution in [0.1, 0.15) is 29.2 Å². The molecule has 0 unspecified atom stereocenters. The maximum Gasteiger partial charge on any atom is 0.214 e. The first-order valence-electron chi connectivity index (χ1n) is 5.48. The molecule has 1 heterocycles. The van der Waals surface area contributed by atoms with Gasteiger partial charge in [-0.15, -0.1) is 5.10 Å². The van der Waals surface area contributed by atoms with E-state index < -0.39 is 5.82 Å². The first kappa shape index (κ1) is 11.3. The maximum absolute atomic E-state index is 13.7. The number of aldehydes is 1. The molecule has 5 nitrogen and oxygen atoms in total. The molecule has 0 N–H and O–H groups in total. The molecule has 0 atom stereocenters. The Kier molecular flexibility index (Phi) is 2.83. The number of carbonyl (C=O) groups excluding carboxylic acids is 1. The molecule has 1 aromatic heterocycles. The number of hydrogen-bond acceptors (Lipinski definition) is 5. The molecular formula is C11H9FN4OS. The molecule has 0 bridgehead atoms. The highest BCUT2D eigenvalue weighted by molar-refractivity contribution is 7.99. The molecule has 1 aliphatic rings. The van der Waals surface area contributed by atoms with Gasteiger partial charge in [0.15, 0.2) is 0 Å². The maximum atomic E-state index is 13.7. The molecule has 0 amide bonds. The summed E-state index contributed by atoms with van der Waals surface area (Å²) in [6.45, 7) is 0. The number of halogens is 1. The highest BCUT2D eigenvalue weighted by atomic mass is 32.2. The highest BCUT2D eigenvalue weighted by Gasteiger charge is 2.28. The summed E-state index contributed by atoms with van der Waals surface area (Å²) in [4.78, 5) is 10.9. The molecule has 1 aliphatic carbocycles. The Labute approximate surface area is 106 Å². The smallest absolute Gasteiger partial charge is 0.214 e. The summed E-state index contributed by atoms with van der Waals surface area (Å²) >= 11 is 1.17. The fraction of sp³-hybridized carbons (Fsp3) is 0.273. The zero-order chi connectivity index (χ0) is 12.5. The average Bonchev–Trinajstić information content (AvgIpc) is 3.12. The Bertz CT molecular complexity index is 596. The van der Waals surface area contributed by atoms with Crippen LogP contribution in [0.2, 0.25) is 0 Å². The fourth-order valence-electron chi connectivity index (χ4n) is 1.57. The predicted molar refractivity (Wildman–Crippen MR) is 62.0 cm³/mol. The summed E-state index contributed by atoms with van der Waals surface area (Å²) in [5.74, 6) is -0.435. The lowest BCUT2D eigenvalue weighted by atomic mass is 10.2. The minimum absolute atomic E-state index is 0.318. The quantitative estimate of drug-likeness (QED) is 0.791. The number of nitrogens with zero attached hydrogens (tertiary/aromatic N) is 4. The van der Waals surface area contributed by atoms with Crippen molar-refractivity contribution in [3.05, 3.63) is 29.6 Å². The second-order valence-electron chi connectivity index (χ2n) is 4.05. The van der Waals surface area contributed by atoms with E-state index in [1.807, 2.05) is 0 Å². The van der Waals surface area contributed by atoms with E-state index in [0.717, 1.165) is 12.8 Å². The van der Waals surface area contributed by atoms with E-state index >= 15 is 0 Å². The molecule has 92 valence electrons. The Morgan fingerprint density at radius 1 is 1.44 bits per heavy atom. The number of carbonyl (C=O) groups is 1. The van der Waals surface area contributed by atoms with Gasteiger partial charge >= 0.3 is 0 Å². The first-order valence-corrected chi connectivity index (χ1v) is 6.30. The average molecular weight is 264 g/mol. The normalized spacial score (nSPS) is 14.7. The standard InChI is InChI=1S/C11H9FN4OS/c12-9-5-7(6-17)1-4-10(9)18-11-13-14-15-16(11)8-2-3-8/h1,4-6,8H,2-3H2. The first-order chi connectivity index (χ1) is 8.78. The van der Waals surface area contributed by atoms with Crippen LogP contribution < -0.4 is 0 Å². The van der Waals surface area contributed by atoms with Crippen LogP contribution in [0.3, 0.4) is 0 Å². The SMILES string of the molecule is O=Cc1ccc(Sc2nnnn2C2CC2)c(F)c1. The molecule has 18 heavy (non-hydrogen) atoms. The minimum atomic E-state index is -0.435. The van der Waals surface area contributed by atoms with Gasteiger partial charge in [-0.1, -0.05) is 6.07 Å². The van der Waals surface area contributed by atoms with Gasteiger partial charge in [-0.2, -0.15) is 0 Å². The van der Waals surface area contributed by atoms with E-state index in [9.17, 15) is 9.18 Å². The Morgan fingerprint density at radius 2 is 2.28 bits per heavy atom. The molecule has 1 fully saturated rings. The van der Waals surface area contributed by atoms with E-state index in [2.05, 4.69) is 15.5 Å². The van der Waals surface area contributed by atoms with Crippen molar-refractivity contribution >= 4 is 18.0 Å². The monoisotopic (exact) mass is 264 g/mol.